The Kier molecular flexibility index (Phi) is 4.95. The van der Waals surface area contributed by atoms with E-state index in [1.54, 1.807) is 6.08 Å². The predicted molar refractivity (Wildman–Crippen MR) is 84.2 cm³/mol. The second-order valence-electron chi connectivity index (χ2n) is 4.60. The van der Waals surface area contributed by atoms with E-state index in [0.29, 0.717) is 5.76 Å². The van der Waals surface area contributed by atoms with Crippen molar-refractivity contribution in [3.8, 4) is 11.8 Å². The number of aryl methyl sites for hydroxylation is 1. The van der Waals surface area contributed by atoms with Gasteiger partial charge in [0.2, 0.25) is 0 Å². The van der Waals surface area contributed by atoms with Gasteiger partial charge in [0.25, 0.3) is 0 Å². The zero-order valence-corrected chi connectivity index (χ0v) is 12.1. The molecule has 21 heavy (non-hydrogen) atoms. The van der Waals surface area contributed by atoms with Crippen LogP contribution in [-0.2, 0) is 9.53 Å². The van der Waals surface area contributed by atoms with Crippen LogP contribution in [0.3, 0.4) is 0 Å². The summed E-state index contributed by atoms with van der Waals surface area (Å²) in [6, 6.07) is 17.4. The Morgan fingerprint density at radius 3 is 2.33 bits per heavy atom. The van der Waals surface area contributed by atoms with Crippen LogP contribution in [0.15, 0.2) is 60.7 Å². The molecule has 0 aliphatic rings. The third-order valence-corrected chi connectivity index (χ3v) is 2.78. The monoisotopic (exact) mass is 276 g/mol. The van der Waals surface area contributed by atoms with Gasteiger partial charge in [-0.2, -0.15) is 0 Å². The fourth-order valence-electron chi connectivity index (χ4n) is 1.75. The second kappa shape index (κ2) is 7.12. The number of benzene rings is 2. The molecule has 0 fully saturated rings. The van der Waals surface area contributed by atoms with Crippen LogP contribution in [0.25, 0.3) is 5.76 Å². The van der Waals surface area contributed by atoms with E-state index in [4.69, 9.17) is 4.74 Å². The summed E-state index contributed by atoms with van der Waals surface area (Å²) in [5.74, 6) is 6.05. The Balaban J connectivity index is 2.28. The molecule has 0 aliphatic carbocycles. The Labute approximate surface area is 125 Å². The summed E-state index contributed by atoms with van der Waals surface area (Å²) in [6.07, 6.45) is 1.62. The van der Waals surface area contributed by atoms with Crippen molar-refractivity contribution in [3.05, 3.63) is 77.4 Å². The molecule has 2 heteroatoms. The Morgan fingerprint density at radius 1 is 1.05 bits per heavy atom. The minimum atomic E-state index is -0.358. The molecule has 0 aromatic heterocycles. The molecular formula is C19H16O2. The molecule has 0 bridgehead atoms. The molecule has 2 aromatic rings. The van der Waals surface area contributed by atoms with Gasteiger partial charge in [-0.25, -0.2) is 0 Å². The smallest absolute Gasteiger partial charge is 0.308 e. The zero-order valence-electron chi connectivity index (χ0n) is 12.1. The fourth-order valence-corrected chi connectivity index (χ4v) is 1.75. The van der Waals surface area contributed by atoms with E-state index in [1.165, 1.54) is 6.92 Å². The number of rotatable bonds is 2. The van der Waals surface area contributed by atoms with Gasteiger partial charge in [0.1, 0.15) is 5.76 Å². The van der Waals surface area contributed by atoms with Gasteiger partial charge in [0.15, 0.2) is 0 Å². The highest BCUT2D eigenvalue weighted by Gasteiger charge is 2.04. The molecule has 0 unspecified atom stereocenters. The third kappa shape index (κ3) is 4.67. The van der Waals surface area contributed by atoms with Crippen LogP contribution in [0.1, 0.15) is 23.6 Å². The van der Waals surface area contributed by atoms with Crippen molar-refractivity contribution in [2.45, 2.75) is 13.8 Å². The molecule has 0 atom stereocenters. The SMILES string of the molecule is CC(=O)O/C(=C\C#Cc1ccccc1)c1ccc(C)cc1. The average molecular weight is 276 g/mol. The molecule has 0 amide bonds. The van der Waals surface area contributed by atoms with E-state index < -0.39 is 0 Å². The Morgan fingerprint density at radius 2 is 1.71 bits per heavy atom. The van der Waals surface area contributed by atoms with E-state index >= 15 is 0 Å². The predicted octanol–water partition coefficient (Wildman–Crippen LogP) is 3.95. The molecule has 2 rings (SSSR count). The lowest BCUT2D eigenvalue weighted by atomic mass is 10.1. The highest BCUT2D eigenvalue weighted by molar-refractivity contribution is 5.77. The maximum Gasteiger partial charge on any atom is 0.308 e. The van der Waals surface area contributed by atoms with Crippen molar-refractivity contribution in [3.63, 3.8) is 0 Å². The van der Waals surface area contributed by atoms with Crippen molar-refractivity contribution in [1.29, 1.82) is 0 Å². The largest absolute Gasteiger partial charge is 0.425 e. The fraction of sp³-hybridized carbons (Fsp3) is 0.105. The van der Waals surface area contributed by atoms with Gasteiger partial charge < -0.3 is 4.74 Å². The first kappa shape index (κ1) is 14.6. The van der Waals surface area contributed by atoms with Crippen LogP contribution >= 0.6 is 0 Å². The molecule has 0 saturated carbocycles. The summed E-state index contributed by atoms with van der Waals surface area (Å²) in [6.45, 7) is 3.39. The number of ether oxygens (including phenoxy) is 1. The summed E-state index contributed by atoms with van der Waals surface area (Å²) < 4.78 is 5.23. The van der Waals surface area contributed by atoms with E-state index in [9.17, 15) is 4.79 Å². The van der Waals surface area contributed by atoms with Crippen molar-refractivity contribution < 1.29 is 9.53 Å². The molecule has 0 radical (unpaired) electrons. The first-order chi connectivity index (χ1) is 10.1. The minimum absolute atomic E-state index is 0.358. The highest BCUT2D eigenvalue weighted by atomic mass is 16.5. The maximum absolute atomic E-state index is 11.2. The summed E-state index contributed by atoms with van der Waals surface area (Å²) >= 11 is 0. The maximum atomic E-state index is 11.2. The second-order valence-corrected chi connectivity index (χ2v) is 4.60. The molecule has 2 aromatic carbocycles. The van der Waals surface area contributed by atoms with E-state index in [0.717, 1.165) is 16.7 Å². The average Bonchev–Trinajstić information content (AvgIpc) is 2.48. The lowest BCUT2D eigenvalue weighted by Crippen LogP contribution is -1.98. The summed E-state index contributed by atoms with van der Waals surface area (Å²) in [5, 5.41) is 0. The van der Waals surface area contributed by atoms with Crippen LogP contribution in [0.5, 0.6) is 0 Å². The van der Waals surface area contributed by atoms with Crippen molar-refractivity contribution in [2.75, 3.05) is 0 Å². The van der Waals surface area contributed by atoms with Gasteiger partial charge in [0.05, 0.1) is 0 Å². The van der Waals surface area contributed by atoms with Gasteiger partial charge >= 0.3 is 5.97 Å². The number of esters is 1. The van der Waals surface area contributed by atoms with Crippen LogP contribution in [-0.4, -0.2) is 5.97 Å². The molecule has 0 spiro atoms. The van der Waals surface area contributed by atoms with Crippen LogP contribution in [0, 0.1) is 18.8 Å². The zero-order chi connectivity index (χ0) is 15.1. The normalized spacial score (nSPS) is 10.5. The van der Waals surface area contributed by atoms with E-state index in [1.807, 2.05) is 61.5 Å². The van der Waals surface area contributed by atoms with Gasteiger partial charge in [-0.15, -0.1) is 0 Å². The minimum Gasteiger partial charge on any atom is -0.425 e. The van der Waals surface area contributed by atoms with Gasteiger partial charge in [0, 0.05) is 24.1 Å². The molecule has 2 nitrogen and oxygen atoms in total. The molecule has 0 N–H and O–H groups in total. The third-order valence-electron chi connectivity index (χ3n) is 2.78. The van der Waals surface area contributed by atoms with Gasteiger partial charge in [-0.05, 0) is 19.1 Å². The van der Waals surface area contributed by atoms with E-state index in [2.05, 4.69) is 11.8 Å². The number of hydrogen-bond donors (Lipinski definition) is 0. The lowest BCUT2D eigenvalue weighted by molar-refractivity contribution is -0.134. The standard InChI is InChI=1S/C19H16O2/c1-15-11-13-18(14-12-15)19(21-16(2)20)10-6-9-17-7-4-3-5-8-17/h3-5,7-8,10-14H,1-2H3/b19-10-. The summed E-state index contributed by atoms with van der Waals surface area (Å²) in [4.78, 5) is 11.2. The van der Waals surface area contributed by atoms with Crippen molar-refractivity contribution in [1.82, 2.24) is 0 Å². The topological polar surface area (TPSA) is 26.3 Å². The number of carbonyl (C=O) groups is 1. The molecule has 104 valence electrons. The Bertz CT molecular complexity index is 699. The number of carbonyl (C=O) groups excluding carboxylic acids is 1. The first-order valence-corrected chi connectivity index (χ1v) is 6.67. The Hall–Kier alpha value is -2.79. The van der Waals surface area contributed by atoms with Crippen LogP contribution in [0.2, 0.25) is 0 Å². The lowest BCUT2D eigenvalue weighted by Gasteiger charge is -2.06. The summed E-state index contributed by atoms with van der Waals surface area (Å²) in [7, 11) is 0. The number of hydrogen-bond acceptors (Lipinski definition) is 2. The van der Waals surface area contributed by atoms with Crippen molar-refractivity contribution in [2.24, 2.45) is 0 Å². The molecule has 0 saturated heterocycles. The van der Waals surface area contributed by atoms with Gasteiger partial charge in [-0.3, -0.25) is 4.79 Å². The highest BCUT2D eigenvalue weighted by Crippen LogP contribution is 2.16. The van der Waals surface area contributed by atoms with Crippen LogP contribution in [0.4, 0.5) is 0 Å². The molecule has 0 aliphatic heterocycles. The van der Waals surface area contributed by atoms with Crippen molar-refractivity contribution >= 4 is 11.7 Å². The van der Waals surface area contributed by atoms with Crippen LogP contribution < -0.4 is 0 Å². The van der Waals surface area contributed by atoms with E-state index in [-0.39, 0.29) is 5.97 Å². The summed E-state index contributed by atoms with van der Waals surface area (Å²) in [5.41, 5.74) is 2.90. The molecular weight excluding hydrogens is 260 g/mol. The number of allylic oxidation sites excluding steroid dienone is 1. The quantitative estimate of drug-likeness (QED) is 0.471. The van der Waals surface area contributed by atoms with Gasteiger partial charge in [-0.1, -0.05) is 59.9 Å². The molecule has 0 heterocycles. The first-order valence-electron chi connectivity index (χ1n) is 6.67.